The predicted molar refractivity (Wildman–Crippen MR) is 78.4 cm³/mol. The number of nitrogens with zero attached hydrogens (tertiary/aromatic N) is 2. The lowest BCUT2D eigenvalue weighted by molar-refractivity contribution is 0.0662. The molecule has 0 bridgehead atoms. The van der Waals surface area contributed by atoms with Gasteiger partial charge in [0.25, 0.3) is 0 Å². The van der Waals surface area contributed by atoms with E-state index in [0.717, 1.165) is 12.1 Å². The van der Waals surface area contributed by atoms with E-state index in [0.29, 0.717) is 0 Å². The zero-order valence-corrected chi connectivity index (χ0v) is 11.7. The molecule has 19 heavy (non-hydrogen) atoms. The first-order valence-corrected chi connectivity index (χ1v) is 7.95. The highest BCUT2D eigenvalue weighted by Gasteiger charge is 2.34. The number of piperazine rings is 1. The lowest BCUT2D eigenvalue weighted by Crippen LogP contribution is -2.54. The molecule has 2 atom stereocenters. The van der Waals surface area contributed by atoms with Crippen molar-refractivity contribution in [3.8, 4) is 0 Å². The average molecular weight is 256 g/mol. The van der Waals surface area contributed by atoms with Gasteiger partial charge in [-0.1, -0.05) is 24.3 Å². The van der Waals surface area contributed by atoms with Crippen LogP contribution in [0.5, 0.6) is 0 Å². The van der Waals surface area contributed by atoms with Crippen molar-refractivity contribution < 1.29 is 0 Å². The van der Waals surface area contributed by atoms with Crippen LogP contribution < -0.4 is 0 Å². The maximum atomic E-state index is 2.79. The molecule has 2 aliphatic heterocycles. The summed E-state index contributed by atoms with van der Waals surface area (Å²) in [6.45, 7) is 5.28. The Kier molecular flexibility index (Phi) is 3.08. The SMILES string of the molecule is c1ccc2c(c1)CCC(N1CCN3CCCC3C1)C2. The molecular weight excluding hydrogens is 232 g/mol. The van der Waals surface area contributed by atoms with Crippen molar-refractivity contribution in [2.75, 3.05) is 26.2 Å². The molecule has 2 heterocycles. The van der Waals surface area contributed by atoms with Gasteiger partial charge in [-0.2, -0.15) is 0 Å². The van der Waals surface area contributed by atoms with E-state index < -0.39 is 0 Å². The second-order valence-corrected chi connectivity index (χ2v) is 6.49. The van der Waals surface area contributed by atoms with E-state index in [9.17, 15) is 0 Å². The molecule has 2 unspecified atom stereocenters. The van der Waals surface area contributed by atoms with Gasteiger partial charge in [-0.15, -0.1) is 0 Å². The first-order chi connectivity index (χ1) is 9.40. The summed E-state index contributed by atoms with van der Waals surface area (Å²) in [6, 6.07) is 10.7. The maximum Gasteiger partial charge on any atom is 0.0224 e. The number of rotatable bonds is 1. The van der Waals surface area contributed by atoms with Gasteiger partial charge in [-0.05, 0) is 49.8 Å². The van der Waals surface area contributed by atoms with Crippen LogP contribution in [0.3, 0.4) is 0 Å². The largest absolute Gasteiger partial charge is 0.298 e. The molecule has 0 N–H and O–H groups in total. The number of hydrogen-bond acceptors (Lipinski definition) is 2. The molecule has 0 aromatic heterocycles. The molecule has 2 heteroatoms. The Morgan fingerprint density at radius 2 is 1.68 bits per heavy atom. The van der Waals surface area contributed by atoms with Crippen LogP contribution in [-0.2, 0) is 12.8 Å². The molecule has 2 nitrogen and oxygen atoms in total. The summed E-state index contributed by atoms with van der Waals surface area (Å²) >= 11 is 0. The highest BCUT2D eigenvalue weighted by Crippen LogP contribution is 2.28. The van der Waals surface area contributed by atoms with E-state index in [1.165, 1.54) is 58.3 Å². The Balaban J connectivity index is 1.46. The highest BCUT2D eigenvalue weighted by atomic mass is 15.3. The maximum absolute atomic E-state index is 2.79. The minimum Gasteiger partial charge on any atom is -0.298 e. The Bertz CT molecular complexity index is 456. The van der Waals surface area contributed by atoms with E-state index >= 15 is 0 Å². The molecule has 4 rings (SSSR count). The van der Waals surface area contributed by atoms with Gasteiger partial charge < -0.3 is 0 Å². The Labute approximate surface area is 116 Å². The van der Waals surface area contributed by atoms with Crippen LogP contribution in [0.4, 0.5) is 0 Å². The smallest absolute Gasteiger partial charge is 0.0224 e. The zero-order chi connectivity index (χ0) is 12.7. The quantitative estimate of drug-likeness (QED) is 0.761. The average Bonchev–Trinajstić information content (AvgIpc) is 2.94. The third-order valence-corrected chi connectivity index (χ3v) is 5.46. The predicted octanol–water partition coefficient (Wildman–Crippen LogP) is 2.32. The molecular formula is C17H24N2. The van der Waals surface area contributed by atoms with Crippen LogP contribution >= 0.6 is 0 Å². The van der Waals surface area contributed by atoms with Gasteiger partial charge in [0.05, 0.1) is 0 Å². The Morgan fingerprint density at radius 1 is 0.842 bits per heavy atom. The van der Waals surface area contributed by atoms with Gasteiger partial charge in [-0.25, -0.2) is 0 Å². The second-order valence-electron chi connectivity index (χ2n) is 6.49. The van der Waals surface area contributed by atoms with Crippen molar-refractivity contribution in [3.05, 3.63) is 35.4 Å². The van der Waals surface area contributed by atoms with E-state index in [2.05, 4.69) is 34.1 Å². The van der Waals surface area contributed by atoms with Gasteiger partial charge >= 0.3 is 0 Å². The first kappa shape index (κ1) is 11.9. The minimum atomic E-state index is 0.803. The topological polar surface area (TPSA) is 6.48 Å². The molecule has 1 aliphatic carbocycles. The molecule has 0 radical (unpaired) electrons. The molecule has 2 saturated heterocycles. The molecule has 0 spiro atoms. The van der Waals surface area contributed by atoms with E-state index in [-0.39, 0.29) is 0 Å². The standard InChI is InChI=1S/C17H24N2/c1-2-5-15-12-16(8-7-14(15)4-1)19-11-10-18-9-3-6-17(18)13-19/h1-2,4-5,16-17H,3,6-13H2. The number of aryl methyl sites for hydroxylation is 1. The van der Waals surface area contributed by atoms with Gasteiger partial charge in [0.15, 0.2) is 0 Å². The second kappa shape index (κ2) is 4.92. The van der Waals surface area contributed by atoms with Gasteiger partial charge in [0.1, 0.15) is 0 Å². The number of hydrogen-bond donors (Lipinski definition) is 0. The fourth-order valence-electron chi connectivity index (χ4n) is 4.34. The molecule has 0 amide bonds. The fraction of sp³-hybridized carbons (Fsp3) is 0.647. The number of benzene rings is 1. The third kappa shape index (κ3) is 2.21. The summed E-state index contributed by atoms with van der Waals surface area (Å²) in [5.41, 5.74) is 3.20. The van der Waals surface area contributed by atoms with Gasteiger partial charge in [0.2, 0.25) is 0 Å². The molecule has 1 aromatic carbocycles. The minimum absolute atomic E-state index is 0.803. The Morgan fingerprint density at radius 3 is 2.63 bits per heavy atom. The molecule has 2 fully saturated rings. The summed E-state index contributed by atoms with van der Waals surface area (Å²) in [6.07, 6.45) is 6.78. The van der Waals surface area contributed by atoms with E-state index in [4.69, 9.17) is 0 Å². The lowest BCUT2D eigenvalue weighted by atomic mass is 9.87. The van der Waals surface area contributed by atoms with Gasteiger partial charge in [0, 0.05) is 31.7 Å². The summed E-state index contributed by atoms with van der Waals surface area (Å²) in [7, 11) is 0. The lowest BCUT2D eigenvalue weighted by Gasteiger charge is -2.43. The number of fused-ring (bicyclic) bond motifs is 2. The van der Waals surface area contributed by atoms with Gasteiger partial charge in [-0.3, -0.25) is 9.80 Å². The summed E-state index contributed by atoms with van der Waals surface area (Å²) in [5.74, 6) is 0. The summed E-state index contributed by atoms with van der Waals surface area (Å²) in [4.78, 5) is 5.51. The summed E-state index contributed by atoms with van der Waals surface area (Å²) in [5, 5.41) is 0. The van der Waals surface area contributed by atoms with Crippen molar-refractivity contribution in [2.24, 2.45) is 0 Å². The monoisotopic (exact) mass is 256 g/mol. The summed E-state index contributed by atoms with van der Waals surface area (Å²) < 4.78 is 0. The molecule has 102 valence electrons. The Hall–Kier alpha value is -0.860. The molecule has 0 saturated carbocycles. The van der Waals surface area contributed by atoms with Crippen LogP contribution in [0, 0.1) is 0 Å². The van der Waals surface area contributed by atoms with Crippen LogP contribution in [0.2, 0.25) is 0 Å². The molecule has 1 aromatic rings. The fourth-order valence-corrected chi connectivity index (χ4v) is 4.34. The highest BCUT2D eigenvalue weighted by molar-refractivity contribution is 5.30. The van der Waals surface area contributed by atoms with Crippen LogP contribution in [0.15, 0.2) is 24.3 Å². The van der Waals surface area contributed by atoms with Crippen molar-refractivity contribution in [3.63, 3.8) is 0 Å². The van der Waals surface area contributed by atoms with E-state index in [1.54, 1.807) is 11.1 Å². The van der Waals surface area contributed by atoms with Crippen LogP contribution in [0.25, 0.3) is 0 Å². The van der Waals surface area contributed by atoms with Crippen LogP contribution in [0.1, 0.15) is 30.4 Å². The van der Waals surface area contributed by atoms with E-state index in [1.807, 2.05) is 0 Å². The third-order valence-electron chi connectivity index (χ3n) is 5.46. The van der Waals surface area contributed by atoms with Crippen LogP contribution in [-0.4, -0.2) is 48.1 Å². The van der Waals surface area contributed by atoms with Crippen molar-refractivity contribution in [1.82, 2.24) is 9.80 Å². The van der Waals surface area contributed by atoms with Crippen molar-refractivity contribution in [1.29, 1.82) is 0 Å². The van der Waals surface area contributed by atoms with Crippen molar-refractivity contribution >= 4 is 0 Å². The zero-order valence-electron chi connectivity index (χ0n) is 11.7. The normalized spacial score (nSPS) is 32.0. The van der Waals surface area contributed by atoms with Crippen molar-refractivity contribution in [2.45, 2.75) is 44.2 Å². The first-order valence-electron chi connectivity index (χ1n) is 7.95. The molecule has 3 aliphatic rings.